The molecule has 0 atom stereocenters. The zero-order valence-corrected chi connectivity index (χ0v) is 20.6. The van der Waals surface area contributed by atoms with E-state index in [1.165, 1.54) is 11.0 Å². The number of hydrogen-bond acceptors (Lipinski definition) is 4. The van der Waals surface area contributed by atoms with Gasteiger partial charge in [0.2, 0.25) is 5.78 Å². The number of methoxy groups -OCH3 is 1. The molecular formula is C28H34N2O4. The van der Waals surface area contributed by atoms with Crippen molar-refractivity contribution in [3.05, 3.63) is 59.0 Å². The van der Waals surface area contributed by atoms with Crippen LogP contribution in [0.15, 0.2) is 42.3 Å². The predicted octanol–water partition coefficient (Wildman–Crippen LogP) is 3.86. The first-order valence-electron chi connectivity index (χ1n) is 12.2. The number of ketones is 1. The van der Waals surface area contributed by atoms with E-state index in [0.29, 0.717) is 23.4 Å². The van der Waals surface area contributed by atoms with Crippen LogP contribution in [0.25, 0.3) is 17.0 Å². The highest BCUT2D eigenvalue weighted by atomic mass is 16.5. The Bertz CT molecular complexity index is 1220. The summed E-state index contributed by atoms with van der Waals surface area (Å²) in [6.45, 7) is 6.95. The van der Waals surface area contributed by atoms with Gasteiger partial charge in [-0.05, 0) is 43.2 Å². The van der Waals surface area contributed by atoms with Crippen LogP contribution in [-0.4, -0.2) is 30.5 Å². The van der Waals surface area contributed by atoms with E-state index in [9.17, 15) is 9.90 Å². The Kier molecular flexibility index (Phi) is 7.27. The Morgan fingerprint density at radius 2 is 1.85 bits per heavy atom. The zero-order chi connectivity index (χ0) is 24.2. The highest BCUT2D eigenvalue weighted by molar-refractivity contribution is 6.15. The van der Waals surface area contributed by atoms with E-state index in [1.54, 1.807) is 19.3 Å². The third-order valence-corrected chi connectivity index (χ3v) is 6.61. The van der Waals surface area contributed by atoms with E-state index < -0.39 is 0 Å². The lowest BCUT2D eigenvalue weighted by molar-refractivity contribution is -0.914. The Balaban J connectivity index is 1.68. The first-order valence-corrected chi connectivity index (χ1v) is 12.2. The van der Waals surface area contributed by atoms with Gasteiger partial charge in [-0.15, -0.1) is 0 Å². The van der Waals surface area contributed by atoms with Crippen LogP contribution in [0, 0.1) is 0 Å². The van der Waals surface area contributed by atoms with Gasteiger partial charge in [0.1, 0.15) is 18.0 Å². The number of hydrogen-bond donors (Lipinski definition) is 1. The summed E-state index contributed by atoms with van der Waals surface area (Å²) in [6.07, 6.45) is 8.19. The molecule has 0 aliphatic carbocycles. The van der Waals surface area contributed by atoms with Crippen LogP contribution in [0.2, 0.25) is 0 Å². The van der Waals surface area contributed by atoms with Crippen molar-refractivity contribution >= 4 is 22.8 Å². The number of aromatic nitrogens is 1. The van der Waals surface area contributed by atoms with Gasteiger partial charge in [0.25, 0.3) is 0 Å². The number of aryl methyl sites for hydroxylation is 1. The van der Waals surface area contributed by atoms with Crippen molar-refractivity contribution in [1.29, 1.82) is 0 Å². The third kappa shape index (κ3) is 4.68. The predicted molar refractivity (Wildman–Crippen MR) is 133 cm³/mol. The summed E-state index contributed by atoms with van der Waals surface area (Å²) in [4.78, 5) is 14.6. The molecule has 6 heteroatoms. The number of Topliss-reactive ketones (excluding diaryl/α,β-unsaturated/α-hetero) is 1. The van der Waals surface area contributed by atoms with Gasteiger partial charge in [-0.1, -0.05) is 38.5 Å². The molecule has 2 aromatic carbocycles. The Hall–Kier alpha value is -3.25. The van der Waals surface area contributed by atoms with Crippen LogP contribution in [0.1, 0.15) is 61.0 Å². The number of carbonyl (C=O) groups excluding carboxylic acids is 1. The first kappa shape index (κ1) is 23.9. The topological polar surface area (TPSA) is 68.0 Å². The van der Waals surface area contributed by atoms with Gasteiger partial charge in [-0.25, -0.2) is 0 Å². The maximum atomic E-state index is 13.2. The molecule has 180 valence electrons. The molecular weight excluding hydrogens is 428 g/mol. The van der Waals surface area contributed by atoms with Crippen LogP contribution < -0.4 is 19.5 Å². The maximum absolute atomic E-state index is 13.2. The lowest BCUT2D eigenvalue weighted by atomic mass is 10.0. The Morgan fingerprint density at radius 1 is 1.12 bits per heavy atom. The molecule has 3 aromatic rings. The molecule has 4 rings (SSSR count). The number of rotatable bonds is 10. The van der Waals surface area contributed by atoms with Gasteiger partial charge in [0.05, 0.1) is 25.8 Å². The second kappa shape index (κ2) is 10.3. The molecule has 1 aliphatic rings. The molecule has 0 saturated carbocycles. The van der Waals surface area contributed by atoms with Gasteiger partial charge in [0.15, 0.2) is 5.76 Å². The number of allylic oxidation sites excluding steroid dienone is 1. The number of benzene rings is 2. The molecule has 0 bridgehead atoms. The van der Waals surface area contributed by atoms with Gasteiger partial charge >= 0.3 is 0 Å². The van der Waals surface area contributed by atoms with Gasteiger partial charge in [0, 0.05) is 35.3 Å². The quantitative estimate of drug-likeness (QED) is 0.465. The summed E-state index contributed by atoms with van der Waals surface area (Å²) >= 11 is 0. The molecule has 6 nitrogen and oxygen atoms in total. The van der Waals surface area contributed by atoms with Crippen molar-refractivity contribution in [3.63, 3.8) is 0 Å². The summed E-state index contributed by atoms with van der Waals surface area (Å²) in [7, 11) is 3.60. The van der Waals surface area contributed by atoms with Gasteiger partial charge < -0.3 is 24.0 Å². The molecule has 0 radical (unpaired) electrons. The zero-order valence-electron chi connectivity index (χ0n) is 20.6. The number of unbranched alkanes of at least 4 members (excludes halogenated alkanes) is 2. The fraction of sp³-hybridized carbons (Fsp3) is 0.393. The maximum Gasteiger partial charge on any atom is 0.231 e. The molecule has 34 heavy (non-hydrogen) atoms. The molecule has 1 aliphatic heterocycles. The van der Waals surface area contributed by atoms with Crippen molar-refractivity contribution < 1.29 is 24.3 Å². The monoisotopic (exact) mass is 462 g/mol. The number of carbonyl (C=O) groups is 1. The van der Waals surface area contributed by atoms with E-state index in [1.807, 2.05) is 36.0 Å². The molecule has 0 fully saturated rings. The number of quaternary nitrogens is 1. The standard InChI is InChI=1S/C28H34N2O4/c1-5-7-13-30(14-8-6-2)18-23-25(31)12-10-21-27(32)26(34-28(21)23)15-19-17-29(3)24-11-9-20(33-4)16-22(19)24/h9-12,15-17,31H,5-8,13-14,18H2,1-4H3. The minimum absolute atomic E-state index is 0.0619. The van der Waals surface area contributed by atoms with Crippen molar-refractivity contribution in [2.45, 2.75) is 46.1 Å². The van der Waals surface area contributed by atoms with Gasteiger partial charge in [-0.3, -0.25) is 4.79 Å². The summed E-state index contributed by atoms with van der Waals surface area (Å²) in [5, 5.41) is 13.8. The van der Waals surface area contributed by atoms with Crippen LogP contribution in [0.4, 0.5) is 0 Å². The lowest BCUT2D eigenvalue weighted by Crippen LogP contribution is -3.10. The van der Waals surface area contributed by atoms with Gasteiger partial charge in [-0.2, -0.15) is 0 Å². The molecule has 0 spiro atoms. The van der Waals surface area contributed by atoms with E-state index in [0.717, 1.165) is 61.0 Å². The largest absolute Gasteiger partial charge is 0.872 e. The number of nitrogens with zero attached hydrogens (tertiary/aromatic N) is 1. The van der Waals surface area contributed by atoms with Crippen molar-refractivity contribution in [3.8, 4) is 17.2 Å². The molecule has 1 N–H and O–H groups in total. The fourth-order valence-corrected chi connectivity index (χ4v) is 4.65. The van der Waals surface area contributed by atoms with Crippen molar-refractivity contribution in [2.24, 2.45) is 7.05 Å². The molecule has 2 heterocycles. The lowest BCUT2D eigenvalue weighted by Gasteiger charge is -2.23. The fourth-order valence-electron chi connectivity index (χ4n) is 4.65. The number of nitrogens with one attached hydrogen (secondary N) is 1. The van der Waals surface area contributed by atoms with E-state index in [2.05, 4.69) is 13.8 Å². The average molecular weight is 463 g/mol. The van der Waals surface area contributed by atoms with Crippen molar-refractivity contribution in [2.75, 3.05) is 20.2 Å². The second-order valence-corrected chi connectivity index (χ2v) is 9.07. The third-order valence-electron chi connectivity index (χ3n) is 6.61. The van der Waals surface area contributed by atoms with E-state index >= 15 is 0 Å². The minimum Gasteiger partial charge on any atom is -0.872 e. The summed E-state index contributed by atoms with van der Waals surface area (Å²) in [5.74, 6) is 1.20. The Morgan fingerprint density at radius 3 is 2.53 bits per heavy atom. The number of ether oxygens (including phenoxy) is 2. The summed E-state index contributed by atoms with van der Waals surface area (Å²) in [6, 6.07) is 8.98. The van der Waals surface area contributed by atoms with E-state index in [4.69, 9.17) is 9.47 Å². The molecule has 0 saturated heterocycles. The highest BCUT2D eigenvalue weighted by Gasteiger charge is 2.31. The summed E-state index contributed by atoms with van der Waals surface area (Å²) < 4.78 is 13.5. The van der Waals surface area contributed by atoms with Crippen LogP contribution in [0.5, 0.6) is 17.2 Å². The normalized spacial score (nSPS) is 14.3. The Labute approximate surface area is 201 Å². The SMILES string of the molecule is CCCC[NH+](CCCC)Cc1c([O-])ccc2c1OC(=Cc1cn(C)c3ccc(OC)cc13)C2=O. The molecule has 0 amide bonds. The highest BCUT2D eigenvalue weighted by Crippen LogP contribution is 2.39. The second-order valence-electron chi connectivity index (χ2n) is 9.07. The van der Waals surface area contributed by atoms with E-state index in [-0.39, 0.29) is 17.3 Å². The summed E-state index contributed by atoms with van der Waals surface area (Å²) in [5.41, 5.74) is 2.99. The van der Waals surface area contributed by atoms with Crippen LogP contribution in [0.3, 0.4) is 0 Å². The minimum atomic E-state index is -0.181. The molecule has 1 aromatic heterocycles. The van der Waals surface area contributed by atoms with Crippen LogP contribution >= 0.6 is 0 Å². The number of fused-ring (bicyclic) bond motifs is 2. The smallest absolute Gasteiger partial charge is 0.231 e. The average Bonchev–Trinajstić information content (AvgIpc) is 3.33. The molecule has 0 unspecified atom stereocenters. The van der Waals surface area contributed by atoms with Crippen LogP contribution in [-0.2, 0) is 13.6 Å². The first-order chi connectivity index (χ1) is 16.5. The van der Waals surface area contributed by atoms with Crippen molar-refractivity contribution in [1.82, 2.24) is 4.57 Å².